The van der Waals surface area contributed by atoms with E-state index in [1.807, 2.05) is 20.9 Å². The van der Waals surface area contributed by atoms with Crippen molar-refractivity contribution < 1.29 is 15.3 Å². The van der Waals surface area contributed by atoms with Crippen LogP contribution in [0.1, 0.15) is 46.0 Å². The Kier molecular flexibility index (Phi) is 6.02. The molecule has 142 valence electrons. The van der Waals surface area contributed by atoms with Crippen molar-refractivity contribution in [3.05, 3.63) is 35.8 Å². The molecule has 3 aliphatic rings. The Morgan fingerprint density at radius 3 is 2.60 bits per heavy atom. The molecule has 1 saturated heterocycles. The van der Waals surface area contributed by atoms with Crippen molar-refractivity contribution in [1.29, 1.82) is 0 Å². The molecule has 0 aromatic heterocycles. The molecule has 1 aliphatic heterocycles. The van der Waals surface area contributed by atoms with Crippen molar-refractivity contribution in [1.82, 2.24) is 10.2 Å². The highest BCUT2D eigenvalue weighted by Gasteiger charge is 2.64. The van der Waals surface area contributed by atoms with Crippen LogP contribution in [-0.4, -0.2) is 58.5 Å². The third-order valence-corrected chi connectivity index (χ3v) is 6.49. The summed E-state index contributed by atoms with van der Waals surface area (Å²) < 4.78 is 0. The van der Waals surface area contributed by atoms with Gasteiger partial charge in [0, 0.05) is 23.6 Å². The van der Waals surface area contributed by atoms with Gasteiger partial charge in [0.25, 0.3) is 5.95 Å². The minimum atomic E-state index is -0.743. The average molecular weight is 351 g/mol. The maximum absolute atomic E-state index is 11.6. The van der Waals surface area contributed by atoms with Crippen LogP contribution in [0.5, 0.6) is 0 Å². The molecular weight excluding hydrogens is 316 g/mol. The van der Waals surface area contributed by atoms with Crippen LogP contribution >= 0.6 is 0 Å². The Morgan fingerprint density at radius 2 is 2.00 bits per heavy atom. The molecule has 1 heterocycles. The third-order valence-electron chi connectivity index (χ3n) is 6.49. The van der Waals surface area contributed by atoms with E-state index in [0.717, 1.165) is 43.4 Å². The molecule has 0 spiro atoms. The number of likely N-dealkylation sites (tertiary alicyclic amines) is 1. The lowest BCUT2D eigenvalue weighted by molar-refractivity contribution is -0.185. The fourth-order valence-corrected chi connectivity index (χ4v) is 5.11. The first-order chi connectivity index (χ1) is 11.8. The summed E-state index contributed by atoms with van der Waals surface area (Å²) in [5.74, 6) is -0.695. The predicted octanol–water partition coefficient (Wildman–Crippen LogP) is 3.05. The molecule has 4 unspecified atom stereocenters. The van der Waals surface area contributed by atoms with Gasteiger partial charge in [-0.05, 0) is 63.9 Å². The van der Waals surface area contributed by atoms with Crippen LogP contribution in [0.4, 0.5) is 0 Å². The summed E-state index contributed by atoms with van der Waals surface area (Å²) in [5.41, 5.74) is 0.927. The quantitative estimate of drug-likeness (QED) is 0.576. The summed E-state index contributed by atoms with van der Waals surface area (Å²) >= 11 is 0. The topological polar surface area (TPSA) is 76.0 Å². The van der Waals surface area contributed by atoms with Gasteiger partial charge in [-0.3, -0.25) is 0 Å². The number of rotatable bonds is 2. The second kappa shape index (κ2) is 7.52. The molecule has 2 aliphatic carbocycles. The van der Waals surface area contributed by atoms with Gasteiger partial charge >= 0.3 is 0 Å². The smallest absolute Gasteiger partial charge is 0.274 e. The summed E-state index contributed by atoms with van der Waals surface area (Å²) in [6.45, 7) is 9.30. The van der Waals surface area contributed by atoms with Crippen LogP contribution in [0.25, 0.3) is 0 Å². The van der Waals surface area contributed by atoms with E-state index in [0.29, 0.717) is 12.5 Å². The monoisotopic (exact) mass is 350 g/mol. The van der Waals surface area contributed by atoms with Crippen LogP contribution in [0, 0.1) is 5.41 Å². The van der Waals surface area contributed by atoms with Crippen LogP contribution in [0.2, 0.25) is 0 Å². The molecule has 2 bridgehead atoms. The summed E-state index contributed by atoms with van der Waals surface area (Å²) in [7, 11) is 4.05. The fraction of sp³-hybridized carbons (Fsp3) is 0.700. The Balaban J connectivity index is 0.00000109. The van der Waals surface area contributed by atoms with Gasteiger partial charge in [-0.2, -0.15) is 0 Å². The zero-order valence-electron chi connectivity index (χ0n) is 16.0. The zero-order chi connectivity index (χ0) is 18.8. The molecule has 5 heteroatoms. The Labute approximate surface area is 151 Å². The highest BCUT2D eigenvalue weighted by molar-refractivity contribution is 5.46. The second-order valence-electron chi connectivity index (χ2n) is 7.38. The second-order valence-corrected chi connectivity index (χ2v) is 7.38. The van der Waals surface area contributed by atoms with Crippen molar-refractivity contribution in [2.45, 2.75) is 63.6 Å². The number of piperidine rings is 1. The van der Waals surface area contributed by atoms with E-state index in [2.05, 4.69) is 23.8 Å². The molecule has 25 heavy (non-hydrogen) atoms. The molecule has 4 N–H and O–H groups in total. The maximum atomic E-state index is 11.6. The predicted molar refractivity (Wildman–Crippen MR) is 102 cm³/mol. The first kappa shape index (κ1) is 20.0. The molecule has 0 amide bonds. The zero-order valence-corrected chi connectivity index (χ0v) is 16.0. The SMILES string of the molecule is C=C1/C(=C\C=C(O)O)CC2N(C)CCC13CC(NC)CCC23O.CC. The number of aliphatic hydroxyl groups excluding tert-OH is 1. The highest BCUT2D eigenvalue weighted by Crippen LogP contribution is 2.61. The van der Waals surface area contributed by atoms with Crippen LogP contribution in [0.15, 0.2) is 35.8 Å². The van der Waals surface area contributed by atoms with E-state index in [4.69, 9.17) is 10.2 Å². The summed E-state index contributed by atoms with van der Waals surface area (Å²) in [6.07, 6.45) is 7.27. The summed E-state index contributed by atoms with van der Waals surface area (Å²) in [5, 5.41) is 33.1. The normalized spacial score (nSPS) is 39.2. The van der Waals surface area contributed by atoms with Gasteiger partial charge in [0.2, 0.25) is 0 Å². The van der Waals surface area contributed by atoms with E-state index in [1.54, 1.807) is 6.08 Å². The van der Waals surface area contributed by atoms with Gasteiger partial charge in [0.05, 0.1) is 5.60 Å². The molecule has 5 nitrogen and oxygen atoms in total. The van der Waals surface area contributed by atoms with E-state index in [-0.39, 0.29) is 11.5 Å². The fourth-order valence-electron chi connectivity index (χ4n) is 5.11. The molecule has 2 saturated carbocycles. The molecule has 0 aromatic rings. The summed E-state index contributed by atoms with van der Waals surface area (Å²) in [4.78, 5) is 2.25. The Morgan fingerprint density at radius 1 is 1.32 bits per heavy atom. The lowest BCUT2D eigenvalue weighted by Crippen LogP contribution is -2.71. The molecule has 3 fully saturated rings. The maximum Gasteiger partial charge on any atom is 0.274 e. The first-order valence-electron chi connectivity index (χ1n) is 9.42. The van der Waals surface area contributed by atoms with Crippen molar-refractivity contribution in [2.75, 3.05) is 20.6 Å². The molecule has 0 radical (unpaired) electrons. The Hall–Kier alpha value is -1.30. The number of hydrogen-bond donors (Lipinski definition) is 4. The van der Waals surface area contributed by atoms with Crippen molar-refractivity contribution in [2.24, 2.45) is 5.41 Å². The minimum absolute atomic E-state index is 0.0556. The Bertz CT molecular complexity index is 567. The number of allylic oxidation sites excluding steroid dienone is 2. The van der Waals surface area contributed by atoms with Crippen molar-refractivity contribution >= 4 is 0 Å². The summed E-state index contributed by atoms with van der Waals surface area (Å²) in [6, 6.07) is 0.442. The minimum Gasteiger partial charge on any atom is -0.481 e. The van der Waals surface area contributed by atoms with Crippen molar-refractivity contribution in [3.63, 3.8) is 0 Å². The number of aliphatic hydroxyl groups is 3. The van der Waals surface area contributed by atoms with Crippen LogP contribution in [-0.2, 0) is 0 Å². The molecule has 4 atom stereocenters. The van der Waals surface area contributed by atoms with Gasteiger partial charge in [-0.25, -0.2) is 0 Å². The average Bonchev–Trinajstić information content (AvgIpc) is 2.60. The largest absolute Gasteiger partial charge is 0.481 e. The van der Waals surface area contributed by atoms with Gasteiger partial charge in [-0.1, -0.05) is 26.5 Å². The lowest BCUT2D eigenvalue weighted by Gasteiger charge is -2.65. The number of likely N-dealkylation sites (N-methyl/N-ethyl adjacent to an activating group) is 1. The number of nitrogens with one attached hydrogen (secondary N) is 1. The highest BCUT2D eigenvalue weighted by atomic mass is 16.5. The van der Waals surface area contributed by atoms with Gasteiger partial charge in [0.15, 0.2) is 0 Å². The van der Waals surface area contributed by atoms with Crippen LogP contribution in [0.3, 0.4) is 0 Å². The van der Waals surface area contributed by atoms with E-state index in [9.17, 15) is 5.11 Å². The lowest BCUT2D eigenvalue weighted by atomic mass is 9.48. The van der Waals surface area contributed by atoms with E-state index < -0.39 is 11.5 Å². The van der Waals surface area contributed by atoms with Gasteiger partial charge in [-0.15, -0.1) is 0 Å². The molecular formula is C20H34N2O3. The van der Waals surface area contributed by atoms with Gasteiger partial charge in [0.1, 0.15) is 0 Å². The molecule has 0 aromatic carbocycles. The molecule has 3 rings (SSSR count). The standard InChI is InChI=1S/C18H28N2O3.C2H6/c1-12-13(4-5-16(21)22)10-15-18(23)7-6-14(19-2)11-17(12,18)8-9-20(15)3;1-2/h4-5,14-15,19,21-23H,1,6-11H2,2-3H3;1-2H3/b13-4-;. The van der Waals surface area contributed by atoms with E-state index >= 15 is 0 Å². The third kappa shape index (κ3) is 3.14. The number of hydrogen-bond acceptors (Lipinski definition) is 5. The van der Waals surface area contributed by atoms with Gasteiger partial charge < -0.3 is 25.5 Å². The van der Waals surface area contributed by atoms with Crippen molar-refractivity contribution in [3.8, 4) is 0 Å². The first-order valence-corrected chi connectivity index (χ1v) is 9.42. The van der Waals surface area contributed by atoms with Crippen LogP contribution < -0.4 is 5.32 Å². The van der Waals surface area contributed by atoms with E-state index in [1.165, 1.54) is 6.08 Å². The number of nitrogens with zero attached hydrogens (tertiary/aromatic N) is 1.